The maximum atomic E-state index is 10.9. The third-order valence-corrected chi connectivity index (χ3v) is 1.99. The van der Waals surface area contributed by atoms with Crippen LogP contribution in [0.25, 0.3) is 0 Å². The van der Waals surface area contributed by atoms with E-state index in [-0.39, 0.29) is 23.5 Å². The molecule has 0 aliphatic heterocycles. The van der Waals surface area contributed by atoms with Crippen LogP contribution < -0.4 is 5.32 Å². The normalized spacial score (nSPS) is 9.18. The SMILES string of the molecule is COC(=O)CNc1cccc(C#N)c1[N+](=O)[O-]. The fraction of sp³-hybridized carbons (Fsp3) is 0.200. The molecule has 0 unspecified atom stereocenters. The van der Waals surface area contributed by atoms with Crippen molar-refractivity contribution in [1.29, 1.82) is 5.26 Å². The van der Waals surface area contributed by atoms with Crippen LogP contribution in [-0.2, 0) is 9.53 Å². The average molecular weight is 235 g/mol. The summed E-state index contributed by atoms with van der Waals surface area (Å²) in [4.78, 5) is 21.0. The van der Waals surface area contributed by atoms with Gasteiger partial charge in [0.1, 0.15) is 23.9 Å². The summed E-state index contributed by atoms with van der Waals surface area (Å²) < 4.78 is 4.39. The highest BCUT2D eigenvalue weighted by Gasteiger charge is 2.19. The van der Waals surface area contributed by atoms with Gasteiger partial charge in [0.25, 0.3) is 0 Å². The summed E-state index contributed by atoms with van der Waals surface area (Å²) in [5.41, 5.74) is -0.303. The molecule has 0 fully saturated rings. The van der Waals surface area contributed by atoms with E-state index in [0.717, 1.165) is 0 Å². The largest absolute Gasteiger partial charge is 0.468 e. The molecule has 0 radical (unpaired) electrons. The molecular formula is C10H9N3O4. The molecule has 17 heavy (non-hydrogen) atoms. The molecule has 1 aromatic rings. The summed E-state index contributed by atoms with van der Waals surface area (Å²) >= 11 is 0. The number of esters is 1. The number of methoxy groups -OCH3 is 1. The van der Waals surface area contributed by atoms with Crippen molar-refractivity contribution in [2.24, 2.45) is 0 Å². The number of rotatable bonds is 4. The number of nitrogens with one attached hydrogen (secondary N) is 1. The molecule has 7 nitrogen and oxygen atoms in total. The van der Waals surface area contributed by atoms with Crippen LogP contribution in [0.5, 0.6) is 0 Å². The molecule has 88 valence electrons. The molecule has 0 saturated carbocycles. The number of nitriles is 1. The van der Waals surface area contributed by atoms with Gasteiger partial charge >= 0.3 is 11.7 Å². The molecule has 0 saturated heterocycles. The Balaban J connectivity index is 3.03. The van der Waals surface area contributed by atoms with Crippen LogP contribution in [0.3, 0.4) is 0 Å². The van der Waals surface area contributed by atoms with Crippen LogP contribution in [0.2, 0.25) is 0 Å². The van der Waals surface area contributed by atoms with Crippen molar-refractivity contribution in [3.05, 3.63) is 33.9 Å². The highest BCUT2D eigenvalue weighted by molar-refractivity contribution is 5.77. The second-order valence-electron chi connectivity index (χ2n) is 3.00. The fourth-order valence-corrected chi connectivity index (χ4v) is 1.21. The molecule has 1 aromatic carbocycles. The van der Waals surface area contributed by atoms with Gasteiger partial charge in [0.2, 0.25) is 0 Å². The molecule has 1 rings (SSSR count). The molecule has 7 heteroatoms. The first kappa shape index (κ1) is 12.4. The molecule has 0 atom stereocenters. The third kappa shape index (κ3) is 2.92. The number of ether oxygens (including phenoxy) is 1. The van der Waals surface area contributed by atoms with Gasteiger partial charge < -0.3 is 10.1 Å². The van der Waals surface area contributed by atoms with Crippen LogP contribution in [-0.4, -0.2) is 24.5 Å². The van der Waals surface area contributed by atoms with Gasteiger partial charge in [-0.3, -0.25) is 14.9 Å². The minimum absolute atomic E-state index is 0.0649. The Labute approximate surface area is 96.8 Å². The van der Waals surface area contributed by atoms with Gasteiger partial charge in [-0.1, -0.05) is 6.07 Å². The average Bonchev–Trinajstić information content (AvgIpc) is 2.34. The monoisotopic (exact) mass is 235 g/mol. The van der Waals surface area contributed by atoms with Gasteiger partial charge in [0, 0.05) is 0 Å². The maximum absolute atomic E-state index is 10.9. The van der Waals surface area contributed by atoms with Crippen molar-refractivity contribution in [2.75, 3.05) is 19.0 Å². The third-order valence-electron chi connectivity index (χ3n) is 1.99. The first-order chi connectivity index (χ1) is 8.10. The molecule has 0 aliphatic carbocycles. The van der Waals surface area contributed by atoms with E-state index < -0.39 is 10.9 Å². The van der Waals surface area contributed by atoms with E-state index in [4.69, 9.17) is 5.26 Å². The molecule has 0 aromatic heterocycles. The van der Waals surface area contributed by atoms with Gasteiger partial charge in [0.05, 0.1) is 12.0 Å². The van der Waals surface area contributed by atoms with Crippen LogP contribution in [0.1, 0.15) is 5.56 Å². The number of benzene rings is 1. The number of nitrogens with zero attached hydrogens (tertiary/aromatic N) is 2. The number of hydrogen-bond donors (Lipinski definition) is 1. The number of carbonyl (C=O) groups excluding carboxylic acids is 1. The highest BCUT2D eigenvalue weighted by Crippen LogP contribution is 2.27. The van der Waals surface area contributed by atoms with E-state index in [1.54, 1.807) is 6.07 Å². The van der Waals surface area contributed by atoms with E-state index in [1.807, 2.05) is 0 Å². The van der Waals surface area contributed by atoms with Crippen LogP contribution in [0.15, 0.2) is 18.2 Å². The summed E-state index contributed by atoms with van der Waals surface area (Å²) in [6.45, 7) is -0.202. The Morgan fingerprint density at radius 1 is 1.65 bits per heavy atom. The molecule has 0 bridgehead atoms. The predicted molar refractivity (Wildman–Crippen MR) is 58.3 cm³/mol. The predicted octanol–water partition coefficient (Wildman–Crippen LogP) is 1.05. The minimum atomic E-state index is -0.668. The van der Waals surface area contributed by atoms with E-state index in [0.29, 0.717) is 0 Å². The van der Waals surface area contributed by atoms with Gasteiger partial charge in [-0.05, 0) is 12.1 Å². The van der Waals surface area contributed by atoms with Crippen molar-refractivity contribution in [3.8, 4) is 6.07 Å². The van der Waals surface area contributed by atoms with Crippen LogP contribution >= 0.6 is 0 Å². The van der Waals surface area contributed by atoms with Gasteiger partial charge in [-0.15, -0.1) is 0 Å². The van der Waals surface area contributed by atoms with Gasteiger partial charge in [-0.25, -0.2) is 0 Å². The first-order valence-electron chi connectivity index (χ1n) is 4.58. The number of anilines is 1. The second-order valence-corrected chi connectivity index (χ2v) is 3.00. The van der Waals surface area contributed by atoms with E-state index in [2.05, 4.69) is 10.1 Å². The van der Waals surface area contributed by atoms with Gasteiger partial charge in [-0.2, -0.15) is 5.26 Å². The standard InChI is InChI=1S/C10H9N3O4/c1-17-9(14)6-12-8-4-2-3-7(5-11)10(8)13(15)16/h2-4,12H,6H2,1H3. The lowest BCUT2D eigenvalue weighted by atomic mass is 10.1. The Bertz CT molecular complexity index is 493. The summed E-state index contributed by atoms with van der Waals surface area (Å²) in [6.07, 6.45) is 0. The molecular weight excluding hydrogens is 226 g/mol. The fourth-order valence-electron chi connectivity index (χ4n) is 1.21. The zero-order chi connectivity index (χ0) is 12.8. The Hall–Kier alpha value is -2.62. The molecule has 1 N–H and O–H groups in total. The lowest BCUT2D eigenvalue weighted by Crippen LogP contribution is -2.16. The van der Waals surface area contributed by atoms with Crippen molar-refractivity contribution >= 4 is 17.3 Å². The second kappa shape index (κ2) is 5.46. The summed E-state index contributed by atoms with van der Waals surface area (Å²) in [7, 11) is 1.21. The summed E-state index contributed by atoms with van der Waals surface area (Å²) in [6, 6.07) is 5.97. The van der Waals surface area contributed by atoms with Crippen molar-refractivity contribution in [3.63, 3.8) is 0 Å². The maximum Gasteiger partial charge on any atom is 0.325 e. The van der Waals surface area contributed by atoms with Gasteiger partial charge in [0.15, 0.2) is 0 Å². The Kier molecular flexibility index (Phi) is 4.00. The molecule has 0 aliphatic rings. The van der Waals surface area contributed by atoms with E-state index in [9.17, 15) is 14.9 Å². The van der Waals surface area contributed by atoms with E-state index >= 15 is 0 Å². The number of nitro groups is 1. The zero-order valence-electron chi connectivity index (χ0n) is 8.97. The number of hydrogen-bond acceptors (Lipinski definition) is 6. The van der Waals surface area contributed by atoms with Crippen LogP contribution in [0.4, 0.5) is 11.4 Å². The summed E-state index contributed by atoms with van der Waals surface area (Å²) in [5.74, 6) is -0.554. The first-order valence-corrected chi connectivity index (χ1v) is 4.58. The van der Waals surface area contributed by atoms with E-state index in [1.165, 1.54) is 25.3 Å². The molecule has 0 heterocycles. The lowest BCUT2D eigenvalue weighted by Gasteiger charge is -2.06. The van der Waals surface area contributed by atoms with Crippen LogP contribution in [0, 0.1) is 21.4 Å². The molecule has 0 spiro atoms. The minimum Gasteiger partial charge on any atom is -0.468 e. The smallest absolute Gasteiger partial charge is 0.325 e. The van der Waals surface area contributed by atoms with Crippen molar-refractivity contribution < 1.29 is 14.5 Å². The zero-order valence-corrected chi connectivity index (χ0v) is 8.97. The lowest BCUT2D eigenvalue weighted by molar-refractivity contribution is -0.384. The summed E-state index contributed by atoms with van der Waals surface area (Å²) in [5, 5.41) is 22.1. The number of carbonyl (C=O) groups is 1. The molecule has 0 amide bonds. The Morgan fingerprint density at radius 3 is 2.88 bits per heavy atom. The van der Waals surface area contributed by atoms with Crippen molar-refractivity contribution in [2.45, 2.75) is 0 Å². The Morgan fingerprint density at radius 2 is 2.35 bits per heavy atom. The highest BCUT2D eigenvalue weighted by atomic mass is 16.6. The van der Waals surface area contributed by atoms with Crippen molar-refractivity contribution in [1.82, 2.24) is 0 Å². The number of nitro benzene ring substituents is 1. The topological polar surface area (TPSA) is 105 Å². The number of para-hydroxylation sites is 1. The quantitative estimate of drug-likeness (QED) is 0.475.